The molecule has 1 N–H and O–H groups in total. The number of rotatable bonds is 6. The number of aliphatic hydroxyl groups is 1. The third-order valence-electron chi connectivity index (χ3n) is 2.74. The fraction of sp³-hybridized carbons (Fsp3) is 0.562. The molecule has 106 valence electrons. The maximum Gasteiger partial charge on any atom is 0.338 e. The molecule has 0 spiro atoms. The zero-order chi connectivity index (χ0) is 14.3. The zero-order valence-corrected chi connectivity index (χ0v) is 12.1. The molecule has 3 nitrogen and oxygen atoms in total. The number of aliphatic hydroxyl groups excluding tert-OH is 1. The lowest BCUT2D eigenvalue weighted by molar-refractivity contribution is 0.00683. The summed E-state index contributed by atoms with van der Waals surface area (Å²) in [5.74, 6) is -0.259. The number of esters is 1. The van der Waals surface area contributed by atoms with Gasteiger partial charge in [0.05, 0.1) is 5.56 Å². The smallest absolute Gasteiger partial charge is 0.338 e. The van der Waals surface area contributed by atoms with Gasteiger partial charge < -0.3 is 9.84 Å². The van der Waals surface area contributed by atoms with Crippen LogP contribution in [0.3, 0.4) is 0 Å². The minimum atomic E-state index is -0.471. The Balaban J connectivity index is 2.69. The molecule has 0 saturated carbocycles. The highest BCUT2D eigenvalue weighted by Gasteiger charge is 2.19. The van der Waals surface area contributed by atoms with Gasteiger partial charge in [-0.1, -0.05) is 24.6 Å². The monoisotopic (exact) mass is 264 g/mol. The largest absolute Gasteiger partial charge is 0.456 e. The van der Waals surface area contributed by atoms with Gasteiger partial charge in [0.2, 0.25) is 0 Å². The topological polar surface area (TPSA) is 46.5 Å². The molecule has 0 saturated heterocycles. The number of carbonyl (C=O) groups is 1. The minimum absolute atomic E-state index is 0.230. The SMILES string of the molecule is CC(C)(C)OC(=O)c1ccccc1CCCCCO. The number of benzene rings is 1. The highest BCUT2D eigenvalue weighted by molar-refractivity contribution is 5.91. The van der Waals surface area contributed by atoms with Crippen LogP contribution in [0.4, 0.5) is 0 Å². The molecule has 0 aromatic heterocycles. The van der Waals surface area contributed by atoms with Crippen molar-refractivity contribution in [3.8, 4) is 0 Å². The van der Waals surface area contributed by atoms with Gasteiger partial charge in [-0.25, -0.2) is 4.79 Å². The first-order valence-corrected chi connectivity index (χ1v) is 6.86. The van der Waals surface area contributed by atoms with Crippen molar-refractivity contribution in [3.63, 3.8) is 0 Å². The standard InChI is InChI=1S/C16H24O3/c1-16(2,3)19-15(18)14-11-7-6-10-13(14)9-5-4-8-12-17/h6-7,10-11,17H,4-5,8-9,12H2,1-3H3. The van der Waals surface area contributed by atoms with Gasteiger partial charge in [-0.15, -0.1) is 0 Å². The molecule has 0 aliphatic carbocycles. The molecule has 3 heteroatoms. The van der Waals surface area contributed by atoms with Gasteiger partial charge in [0.1, 0.15) is 5.60 Å². The van der Waals surface area contributed by atoms with Crippen molar-refractivity contribution in [1.29, 1.82) is 0 Å². The van der Waals surface area contributed by atoms with Crippen molar-refractivity contribution in [2.45, 2.75) is 52.1 Å². The van der Waals surface area contributed by atoms with E-state index in [4.69, 9.17) is 9.84 Å². The Morgan fingerprint density at radius 1 is 1.16 bits per heavy atom. The maximum absolute atomic E-state index is 12.1. The molecule has 1 aromatic rings. The highest BCUT2D eigenvalue weighted by Crippen LogP contribution is 2.17. The Kier molecular flexibility index (Phi) is 6.03. The molecule has 0 atom stereocenters. The number of unbranched alkanes of at least 4 members (excludes halogenated alkanes) is 2. The Bertz CT molecular complexity index is 405. The molecule has 0 bridgehead atoms. The van der Waals surface area contributed by atoms with E-state index in [1.165, 1.54) is 0 Å². The van der Waals surface area contributed by atoms with Crippen molar-refractivity contribution < 1.29 is 14.6 Å². The van der Waals surface area contributed by atoms with Crippen LogP contribution >= 0.6 is 0 Å². The molecule has 0 radical (unpaired) electrons. The summed E-state index contributed by atoms with van der Waals surface area (Å²) in [4.78, 5) is 12.1. The third-order valence-corrected chi connectivity index (χ3v) is 2.74. The summed E-state index contributed by atoms with van der Waals surface area (Å²) in [6, 6.07) is 7.58. The first-order chi connectivity index (χ1) is 8.94. The lowest BCUT2D eigenvalue weighted by Crippen LogP contribution is -2.24. The summed E-state index contributed by atoms with van der Waals surface area (Å²) in [5, 5.41) is 8.76. The Morgan fingerprint density at radius 3 is 2.47 bits per heavy atom. The van der Waals surface area contributed by atoms with Crippen molar-refractivity contribution in [1.82, 2.24) is 0 Å². The average Bonchev–Trinajstić information content (AvgIpc) is 2.33. The number of carbonyl (C=O) groups excluding carboxylic acids is 1. The molecule has 19 heavy (non-hydrogen) atoms. The fourth-order valence-electron chi connectivity index (χ4n) is 1.87. The summed E-state index contributed by atoms with van der Waals surface area (Å²) in [7, 11) is 0. The van der Waals surface area contributed by atoms with E-state index < -0.39 is 5.60 Å². The average molecular weight is 264 g/mol. The van der Waals surface area contributed by atoms with Crippen LogP contribution in [0.15, 0.2) is 24.3 Å². The zero-order valence-electron chi connectivity index (χ0n) is 12.1. The molecule has 1 rings (SSSR count). The van der Waals surface area contributed by atoms with Crippen molar-refractivity contribution in [2.24, 2.45) is 0 Å². The first kappa shape index (κ1) is 15.7. The molecule has 0 heterocycles. The third kappa shape index (κ3) is 5.88. The van der Waals surface area contributed by atoms with Gasteiger partial charge >= 0.3 is 5.97 Å². The molecule has 0 aliphatic rings. The summed E-state index contributed by atoms with van der Waals surface area (Å²) >= 11 is 0. The van der Waals surface area contributed by atoms with Crippen LogP contribution in [-0.4, -0.2) is 23.3 Å². The second-order valence-electron chi connectivity index (χ2n) is 5.69. The second-order valence-corrected chi connectivity index (χ2v) is 5.69. The van der Waals surface area contributed by atoms with E-state index in [9.17, 15) is 4.79 Å². The maximum atomic E-state index is 12.1. The fourth-order valence-corrected chi connectivity index (χ4v) is 1.87. The summed E-state index contributed by atoms with van der Waals surface area (Å²) in [5.41, 5.74) is 1.21. The summed E-state index contributed by atoms with van der Waals surface area (Å²) < 4.78 is 5.41. The lowest BCUT2D eigenvalue weighted by atomic mass is 10.0. The molecule has 1 aromatic carbocycles. The van der Waals surface area contributed by atoms with Crippen LogP contribution in [0.5, 0.6) is 0 Å². The quantitative estimate of drug-likeness (QED) is 0.633. The summed E-state index contributed by atoms with van der Waals surface area (Å²) in [6.45, 7) is 5.84. The summed E-state index contributed by atoms with van der Waals surface area (Å²) in [6.07, 6.45) is 3.60. The van der Waals surface area contributed by atoms with Crippen LogP contribution < -0.4 is 0 Å². The predicted octanol–water partition coefficient (Wildman–Crippen LogP) is 3.35. The second kappa shape index (κ2) is 7.29. The molecular formula is C16H24O3. The number of ether oxygens (including phenoxy) is 1. The van der Waals surface area contributed by atoms with Gasteiger partial charge in [0.15, 0.2) is 0 Å². The van der Waals surface area contributed by atoms with E-state index in [-0.39, 0.29) is 12.6 Å². The Labute approximate surface area is 115 Å². The number of hydrogen-bond donors (Lipinski definition) is 1. The molecule has 0 fully saturated rings. The molecule has 0 amide bonds. The first-order valence-electron chi connectivity index (χ1n) is 6.86. The number of aryl methyl sites for hydroxylation is 1. The van der Waals surface area contributed by atoms with E-state index in [0.717, 1.165) is 31.2 Å². The Hall–Kier alpha value is -1.35. The van der Waals surface area contributed by atoms with Gasteiger partial charge in [-0.05, 0) is 51.7 Å². The van der Waals surface area contributed by atoms with Crippen LogP contribution in [0, 0.1) is 0 Å². The molecule has 0 unspecified atom stereocenters. The highest BCUT2D eigenvalue weighted by atomic mass is 16.6. The van der Waals surface area contributed by atoms with Gasteiger partial charge in [0, 0.05) is 6.61 Å². The van der Waals surface area contributed by atoms with Crippen molar-refractivity contribution in [3.05, 3.63) is 35.4 Å². The van der Waals surface area contributed by atoms with Crippen molar-refractivity contribution >= 4 is 5.97 Å². The van der Waals surface area contributed by atoms with Crippen LogP contribution in [0.1, 0.15) is 56.0 Å². The van der Waals surface area contributed by atoms with E-state index in [1.54, 1.807) is 0 Å². The van der Waals surface area contributed by atoms with Gasteiger partial charge in [0.25, 0.3) is 0 Å². The normalized spacial score (nSPS) is 11.4. The minimum Gasteiger partial charge on any atom is -0.456 e. The van der Waals surface area contributed by atoms with E-state index in [0.29, 0.717) is 5.56 Å². The number of hydrogen-bond acceptors (Lipinski definition) is 3. The predicted molar refractivity (Wildman–Crippen MR) is 76.3 cm³/mol. The van der Waals surface area contributed by atoms with Crippen LogP contribution in [0.2, 0.25) is 0 Å². The van der Waals surface area contributed by atoms with Crippen LogP contribution in [-0.2, 0) is 11.2 Å². The van der Waals surface area contributed by atoms with Crippen molar-refractivity contribution in [2.75, 3.05) is 6.61 Å². The lowest BCUT2D eigenvalue weighted by Gasteiger charge is -2.20. The molecular weight excluding hydrogens is 240 g/mol. The van der Waals surface area contributed by atoms with E-state index in [1.807, 2.05) is 45.0 Å². The van der Waals surface area contributed by atoms with E-state index >= 15 is 0 Å². The van der Waals surface area contributed by atoms with Gasteiger partial charge in [-0.2, -0.15) is 0 Å². The molecule has 0 aliphatic heterocycles. The van der Waals surface area contributed by atoms with Crippen LogP contribution in [0.25, 0.3) is 0 Å². The van der Waals surface area contributed by atoms with Gasteiger partial charge in [-0.3, -0.25) is 0 Å². The van der Waals surface area contributed by atoms with E-state index in [2.05, 4.69) is 0 Å². The Morgan fingerprint density at radius 2 is 1.84 bits per heavy atom.